The molecule has 1 saturated heterocycles. The predicted octanol–water partition coefficient (Wildman–Crippen LogP) is 2.64. The van der Waals surface area contributed by atoms with Crippen molar-refractivity contribution >= 4 is 16.1 Å². The second kappa shape index (κ2) is 7.84. The van der Waals surface area contributed by atoms with Crippen molar-refractivity contribution in [2.45, 2.75) is 44.6 Å². The van der Waals surface area contributed by atoms with Crippen molar-refractivity contribution < 1.29 is 22.7 Å². The highest BCUT2D eigenvalue weighted by Crippen LogP contribution is 2.28. The first kappa shape index (κ1) is 20.5. The maximum Gasteiger partial charge on any atom is 0.410 e. The maximum absolute atomic E-state index is 13.1. The van der Waals surface area contributed by atoms with Crippen molar-refractivity contribution in [3.05, 3.63) is 23.8 Å². The van der Waals surface area contributed by atoms with Crippen LogP contribution < -0.4 is 4.74 Å². The summed E-state index contributed by atoms with van der Waals surface area (Å²) >= 11 is 0. The zero-order valence-corrected chi connectivity index (χ0v) is 16.9. The fourth-order valence-corrected chi connectivity index (χ4v) is 4.48. The molecule has 2 rings (SSSR count). The van der Waals surface area contributed by atoms with Crippen molar-refractivity contribution in [2.75, 3.05) is 33.3 Å². The number of carbonyl (C=O) groups excluding carboxylic acids is 1. The fourth-order valence-electron chi connectivity index (χ4n) is 2.77. The predicted molar refractivity (Wildman–Crippen MR) is 98.9 cm³/mol. The molecule has 26 heavy (non-hydrogen) atoms. The quantitative estimate of drug-likeness (QED) is 0.801. The van der Waals surface area contributed by atoms with Crippen molar-refractivity contribution in [1.82, 2.24) is 9.21 Å². The van der Waals surface area contributed by atoms with E-state index in [-0.39, 0.29) is 11.4 Å². The molecule has 0 bridgehead atoms. The van der Waals surface area contributed by atoms with Gasteiger partial charge in [0.25, 0.3) is 0 Å². The van der Waals surface area contributed by atoms with Gasteiger partial charge in [0.05, 0.1) is 7.11 Å². The molecule has 1 aromatic rings. The summed E-state index contributed by atoms with van der Waals surface area (Å²) in [5.41, 5.74) is 0.263. The van der Waals surface area contributed by atoms with Crippen LogP contribution in [0.5, 0.6) is 5.75 Å². The van der Waals surface area contributed by atoms with Crippen LogP contribution in [0.15, 0.2) is 23.1 Å². The van der Waals surface area contributed by atoms with Crippen molar-refractivity contribution in [1.29, 1.82) is 0 Å². The van der Waals surface area contributed by atoms with E-state index in [9.17, 15) is 13.2 Å². The molecule has 0 radical (unpaired) electrons. The van der Waals surface area contributed by atoms with E-state index in [0.717, 1.165) is 5.56 Å². The van der Waals surface area contributed by atoms with Gasteiger partial charge in [0.15, 0.2) is 0 Å². The summed E-state index contributed by atoms with van der Waals surface area (Å²) < 4.78 is 38.2. The highest BCUT2D eigenvalue weighted by Gasteiger charge is 2.31. The molecule has 0 aliphatic carbocycles. The molecule has 0 spiro atoms. The van der Waals surface area contributed by atoms with Gasteiger partial charge in [-0.2, -0.15) is 4.31 Å². The fraction of sp³-hybridized carbons (Fsp3) is 0.611. The summed E-state index contributed by atoms with van der Waals surface area (Å²) in [4.78, 5) is 14.0. The van der Waals surface area contributed by atoms with Gasteiger partial charge in [-0.15, -0.1) is 0 Å². The van der Waals surface area contributed by atoms with E-state index in [1.165, 1.54) is 11.4 Å². The summed E-state index contributed by atoms with van der Waals surface area (Å²) in [6.07, 6.45) is 0.136. The van der Waals surface area contributed by atoms with E-state index in [0.29, 0.717) is 31.8 Å². The summed E-state index contributed by atoms with van der Waals surface area (Å²) in [6.45, 7) is 8.59. The molecule has 0 saturated carbocycles. The smallest absolute Gasteiger partial charge is 0.410 e. The van der Waals surface area contributed by atoms with Crippen molar-refractivity contribution in [3.63, 3.8) is 0 Å². The molecule has 8 heteroatoms. The van der Waals surface area contributed by atoms with Gasteiger partial charge in [-0.3, -0.25) is 0 Å². The van der Waals surface area contributed by atoms with Gasteiger partial charge in [0, 0.05) is 26.2 Å². The zero-order chi connectivity index (χ0) is 19.5. The summed E-state index contributed by atoms with van der Waals surface area (Å²) in [5, 5.41) is 0. The van der Waals surface area contributed by atoms with Crippen LogP contribution in [0.25, 0.3) is 0 Å². The van der Waals surface area contributed by atoms with Crippen LogP contribution in [0, 0.1) is 6.92 Å². The third-order valence-corrected chi connectivity index (χ3v) is 5.96. The number of methoxy groups -OCH3 is 1. The molecule has 7 nitrogen and oxygen atoms in total. The third-order valence-electron chi connectivity index (χ3n) is 4.04. The molecule has 0 unspecified atom stereocenters. The number of ether oxygens (including phenoxy) is 2. The number of amides is 1. The zero-order valence-electron chi connectivity index (χ0n) is 16.1. The van der Waals surface area contributed by atoms with E-state index in [1.807, 2.05) is 33.8 Å². The van der Waals surface area contributed by atoms with Crippen LogP contribution in [-0.4, -0.2) is 62.6 Å². The monoisotopic (exact) mass is 384 g/mol. The number of hydrogen-bond donors (Lipinski definition) is 0. The average molecular weight is 384 g/mol. The topological polar surface area (TPSA) is 76.2 Å². The molecule has 1 amide bonds. The van der Waals surface area contributed by atoms with Gasteiger partial charge in [0.1, 0.15) is 16.2 Å². The van der Waals surface area contributed by atoms with Crippen molar-refractivity contribution in [2.24, 2.45) is 0 Å². The highest BCUT2D eigenvalue weighted by molar-refractivity contribution is 7.89. The van der Waals surface area contributed by atoms with Gasteiger partial charge in [-0.25, -0.2) is 13.2 Å². The lowest BCUT2D eigenvalue weighted by Gasteiger charge is -2.26. The van der Waals surface area contributed by atoms with E-state index in [1.54, 1.807) is 17.0 Å². The Morgan fingerprint density at radius 3 is 2.42 bits per heavy atom. The molecule has 1 fully saturated rings. The Morgan fingerprint density at radius 2 is 1.81 bits per heavy atom. The SMILES string of the molecule is COc1ccc(C)cc1S(=O)(=O)N1CCCN(C(=O)OC(C)(C)C)CC1. The molecular formula is C18H28N2O5S. The Bertz CT molecular complexity index is 755. The molecule has 1 heterocycles. The van der Waals surface area contributed by atoms with Gasteiger partial charge in [-0.1, -0.05) is 6.07 Å². The molecule has 1 aliphatic heterocycles. The summed E-state index contributed by atoms with van der Waals surface area (Å²) in [7, 11) is -2.25. The first-order chi connectivity index (χ1) is 12.0. The molecule has 0 atom stereocenters. The molecular weight excluding hydrogens is 356 g/mol. The second-order valence-electron chi connectivity index (χ2n) is 7.38. The molecule has 146 valence electrons. The van der Waals surface area contributed by atoms with Crippen LogP contribution in [0.2, 0.25) is 0 Å². The molecule has 0 aromatic heterocycles. The number of aryl methyl sites for hydroxylation is 1. The van der Waals surface area contributed by atoms with E-state index in [2.05, 4.69) is 0 Å². The number of nitrogens with zero attached hydrogens (tertiary/aromatic N) is 2. The van der Waals surface area contributed by atoms with Crippen LogP contribution in [-0.2, 0) is 14.8 Å². The summed E-state index contributed by atoms with van der Waals surface area (Å²) in [6, 6.07) is 5.09. The molecule has 1 aromatic carbocycles. The normalized spacial score (nSPS) is 16.9. The lowest BCUT2D eigenvalue weighted by molar-refractivity contribution is 0.0260. The van der Waals surface area contributed by atoms with Crippen LogP contribution in [0.1, 0.15) is 32.8 Å². The van der Waals surface area contributed by atoms with Crippen LogP contribution >= 0.6 is 0 Å². The summed E-state index contributed by atoms with van der Waals surface area (Å²) in [5.74, 6) is 0.323. The van der Waals surface area contributed by atoms with Gasteiger partial charge in [0.2, 0.25) is 10.0 Å². The minimum absolute atomic E-state index is 0.158. The first-order valence-corrected chi connectivity index (χ1v) is 10.1. The van der Waals surface area contributed by atoms with Crippen LogP contribution in [0.4, 0.5) is 4.79 Å². The second-order valence-corrected chi connectivity index (χ2v) is 9.29. The van der Waals surface area contributed by atoms with E-state index < -0.39 is 21.7 Å². The van der Waals surface area contributed by atoms with Gasteiger partial charge < -0.3 is 14.4 Å². The largest absolute Gasteiger partial charge is 0.495 e. The Labute approximate surface area is 155 Å². The Kier molecular flexibility index (Phi) is 6.18. The Morgan fingerprint density at radius 1 is 1.12 bits per heavy atom. The van der Waals surface area contributed by atoms with Gasteiger partial charge in [-0.05, 0) is 51.8 Å². The maximum atomic E-state index is 13.1. The van der Waals surface area contributed by atoms with E-state index in [4.69, 9.17) is 9.47 Å². The van der Waals surface area contributed by atoms with Crippen LogP contribution in [0.3, 0.4) is 0 Å². The third kappa shape index (κ3) is 4.88. The lowest BCUT2D eigenvalue weighted by Crippen LogP contribution is -2.40. The number of sulfonamides is 1. The first-order valence-electron chi connectivity index (χ1n) is 8.67. The van der Waals surface area contributed by atoms with Crippen molar-refractivity contribution in [3.8, 4) is 5.75 Å². The Balaban J connectivity index is 2.18. The van der Waals surface area contributed by atoms with Gasteiger partial charge >= 0.3 is 6.09 Å². The Hall–Kier alpha value is -1.80. The molecule has 1 aliphatic rings. The number of carbonyl (C=O) groups is 1. The standard InChI is InChI=1S/C18H28N2O5S/c1-14-7-8-15(24-5)16(13-14)26(22,23)20-10-6-9-19(11-12-20)17(21)25-18(2,3)4/h7-8,13H,6,9-12H2,1-5H3. The number of rotatable bonds is 3. The lowest BCUT2D eigenvalue weighted by atomic mass is 10.2. The highest BCUT2D eigenvalue weighted by atomic mass is 32.2. The number of benzene rings is 1. The van der Waals surface area contributed by atoms with E-state index >= 15 is 0 Å². The molecule has 0 N–H and O–H groups in total. The average Bonchev–Trinajstić information content (AvgIpc) is 2.80. The number of hydrogen-bond acceptors (Lipinski definition) is 5. The minimum Gasteiger partial charge on any atom is -0.495 e. The minimum atomic E-state index is -3.71.